The third kappa shape index (κ3) is 3.55. The molecule has 1 aromatic heterocycles. The van der Waals surface area contributed by atoms with Gasteiger partial charge in [0, 0.05) is 5.56 Å². The van der Waals surface area contributed by atoms with E-state index in [0.717, 1.165) is 11.6 Å². The molecule has 2 aromatic carbocycles. The lowest BCUT2D eigenvalue weighted by atomic mass is 10.2. The van der Waals surface area contributed by atoms with Crippen molar-refractivity contribution in [3.63, 3.8) is 0 Å². The third-order valence-corrected chi connectivity index (χ3v) is 3.44. The first kappa shape index (κ1) is 16.4. The van der Waals surface area contributed by atoms with E-state index in [0.29, 0.717) is 11.7 Å². The van der Waals surface area contributed by atoms with Gasteiger partial charge in [-0.1, -0.05) is 30.3 Å². The summed E-state index contributed by atoms with van der Waals surface area (Å²) in [6.45, 7) is 1.59. The Hall–Kier alpha value is -3.48. The monoisotopic (exact) mass is 339 g/mol. The fraction of sp³-hybridized carbons (Fsp3) is 0.0556. The van der Waals surface area contributed by atoms with Gasteiger partial charge < -0.3 is 4.42 Å². The number of carbonyl (C=O) groups is 2. The smallest absolute Gasteiger partial charge is 0.291 e. The van der Waals surface area contributed by atoms with Gasteiger partial charge >= 0.3 is 0 Å². The molecule has 0 aliphatic heterocycles. The number of amides is 2. The van der Waals surface area contributed by atoms with Gasteiger partial charge in [0.05, 0.1) is 5.56 Å². The Morgan fingerprint density at radius 2 is 1.60 bits per heavy atom. The molecule has 0 unspecified atom stereocenters. The minimum atomic E-state index is -0.768. The molecular weight excluding hydrogens is 325 g/mol. The third-order valence-electron chi connectivity index (χ3n) is 3.44. The van der Waals surface area contributed by atoms with Crippen LogP contribution in [0.15, 0.2) is 59.0 Å². The highest BCUT2D eigenvalue weighted by Crippen LogP contribution is 2.21. The Kier molecular flexibility index (Phi) is 4.56. The molecule has 0 bridgehead atoms. The Morgan fingerprint density at radius 1 is 0.960 bits per heavy atom. The van der Waals surface area contributed by atoms with E-state index in [9.17, 15) is 14.0 Å². The first-order chi connectivity index (χ1) is 12.1. The molecule has 0 atom stereocenters. The molecule has 3 aromatic rings. The van der Waals surface area contributed by atoms with E-state index in [4.69, 9.17) is 4.42 Å². The molecule has 0 saturated carbocycles. The van der Waals surface area contributed by atoms with E-state index >= 15 is 0 Å². The van der Waals surface area contributed by atoms with Crippen molar-refractivity contribution in [2.45, 2.75) is 6.92 Å². The summed E-state index contributed by atoms with van der Waals surface area (Å²) < 4.78 is 19.0. The van der Waals surface area contributed by atoms with Crippen LogP contribution in [0.1, 0.15) is 26.6 Å². The van der Waals surface area contributed by atoms with Gasteiger partial charge in [-0.2, -0.15) is 0 Å². The molecule has 3 rings (SSSR count). The maximum absolute atomic E-state index is 13.5. The van der Waals surface area contributed by atoms with E-state index in [1.807, 2.05) is 18.2 Å². The highest BCUT2D eigenvalue weighted by Gasteiger charge is 2.19. The number of oxazole rings is 1. The SMILES string of the molecule is Cc1oc(-c2ccccc2)nc1C(=O)NNC(=O)c1ccccc1F. The van der Waals surface area contributed by atoms with Gasteiger partial charge in [0.15, 0.2) is 5.69 Å². The fourth-order valence-electron chi connectivity index (χ4n) is 2.20. The van der Waals surface area contributed by atoms with Crippen molar-refractivity contribution >= 4 is 11.8 Å². The van der Waals surface area contributed by atoms with Crippen LogP contribution >= 0.6 is 0 Å². The second-order valence-corrected chi connectivity index (χ2v) is 5.18. The van der Waals surface area contributed by atoms with Crippen molar-refractivity contribution in [1.82, 2.24) is 15.8 Å². The molecule has 1 heterocycles. The quantitative estimate of drug-likeness (QED) is 0.719. The van der Waals surface area contributed by atoms with Gasteiger partial charge in [-0.3, -0.25) is 20.4 Å². The minimum Gasteiger partial charge on any atom is -0.441 e. The summed E-state index contributed by atoms with van der Waals surface area (Å²) in [7, 11) is 0. The fourth-order valence-corrected chi connectivity index (χ4v) is 2.20. The molecule has 0 fully saturated rings. The highest BCUT2D eigenvalue weighted by molar-refractivity contribution is 5.98. The first-order valence-electron chi connectivity index (χ1n) is 7.44. The van der Waals surface area contributed by atoms with E-state index in [1.165, 1.54) is 18.2 Å². The number of hydrogen-bond donors (Lipinski definition) is 2. The van der Waals surface area contributed by atoms with Crippen molar-refractivity contribution in [2.75, 3.05) is 0 Å². The van der Waals surface area contributed by atoms with Crippen LogP contribution < -0.4 is 10.9 Å². The molecule has 2 N–H and O–H groups in total. The van der Waals surface area contributed by atoms with Crippen molar-refractivity contribution in [2.24, 2.45) is 0 Å². The lowest BCUT2D eigenvalue weighted by molar-refractivity contribution is 0.0841. The number of nitrogens with one attached hydrogen (secondary N) is 2. The maximum Gasteiger partial charge on any atom is 0.291 e. The number of aromatic nitrogens is 1. The standard InChI is InChI=1S/C18H14FN3O3/c1-11-15(20-18(25-11)12-7-3-2-4-8-12)17(24)22-21-16(23)13-9-5-6-10-14(13)19/h2-10H,1H3,(H,21,23)(H,22,24). The topological polar surface area (TPSA) is 84.2 Å². The molecule has 0 aliphatic carbocycles. The number of hydrogen-bond acceptors (Lipinski definition) is 4. The van der Waals surface area contributed by atoms with E-state index < -0.39 is 17.6 Å². The molecule has 7 heteroatoms. The van der Waals surface area contributed by atoms with Gasteiger partial charge in [0.25, 0.3) is 11.8 Å². The average molecular weight is 339 g/mol. The van der Waals surface area contributed by atoms with Crippen molar-refractivity contribution in [3.05, 3.63) is 77.4 Å². The number of halogens is 1. The van der Waals surface area contributed by atoms with Crippen LogP contribution in [0.4, 0.5) is 4.39 Å². The molecule has 126 valence electrons. The van der Waals surface area contributed by atoms with Gasteiger partial charge in [-0.25, -0.2) is 9.37 Å². The Bertz CT molecular complexity index is 922. The van der Waals surface area contributed by atoms with Gasteiger partial charge in [-0.05, 0) is 31.2 Å². The Balaban J connectivity index is 1.71. The summed E-state index contributed by atoms with van der Waals surface area (Å²) in [5.41, 5.74) is 4.94. The number of rotatable bonds is 3. The number of benzene rings is 2. The number of carbonyl (C=O) groups excluding carboxylic acids is 2. The zero-order valence-electron chi connectivity index (χ0n) is 13.2. The zero-order valence-corrected chi connectivity index (χ0v) is 13.2. The molecule has 0 spiro atoms. The van der Waals surface area contributed by atoms with E-state index in [-0.39, 0.29) is 11.3 Å². The lowest BCUT2D eigenvalue weighted by Gasteiger charge is -2.06. The van der Waals surface area contributed by atoms with E-state index in [2.05, 4.69) is 15.8 Å². The summed E-state index contributed by atoms with van der Waals surface area (Å²) in [6, 6.07) is 14.6. The summed E-state index contributed by atoms with van der Waals surface area (Å²) in [5, 5.41) is 0. The zero-order chi connectivity index (χ0) is 17.8. The van der Waals surface area contributed by atoms with Crippen molar-refractivity contribution < 1.29 is 18.4 Å². The highest BCUT2D eigenvalue weighted by atomic mass is 19.1. The van der Waals surface area contributed by atoms with Crippen LogP contribution in [0.3, 0.4) is 0 Å². The predicted molar refractivity (Wildman–Crippen MR) is 88.0 cm³/mol. The Labute approximate surface area is 142 Å². The summed E-state index contributed by atoms with van der Waals surface area (Å²) >= 11 is 0. The number of aryl methyl sites for hydroxylation is 1. The normalized spacial score (nSPS) is 10.3. The van der Waals surface area contributed by atoms with Gasteiger partial charge in [0.1, 0.15) is 11.6 Å². The molecule has 0 saturated heterocycles. The van der Waals surface area contributed by atoms with E-state index in [1.54, 1.807) is 19.1 Å². The second kappa shape index (κ2) is 6.96. The van der Waals surface area contributed by atoms with Gasteiger partial charge in [-0.15, -0.1) is 0 Å². The summed E-state index contributed by atoms with van der Waals surface area (Å²) in [4.78, 5) is 28.2. The first-order valence-corrected chi connectivity index (χ1v) is 7.44. The van der Waals surface area contributed by atoms with Crippen molar-refractivity contribution in [1.29, 1.82) is 0 Å². The molecular formula is C18H14FN3O3. The second-order valence-electron chi connectivity index (χ2n) is 5.18. The Morgan fingerprint density at radius 3 is 2.32 bits per heavy atom. The summed E-state index contributed by atoms with van der Waals surface area (Å²) in [6.07, 6.45) is 0. The average Bonchev–Trinajstić information content (AvgIpc) is 3.02. The molecule has 0 aliphatic rings. The van der Waals surface area contributed by atoms with Crippen LogP contribution in [-0.4, -0.2) is 16.8 Å². The largest absolute Gasteiger partial charge is 0.441 e. The van der Waals surface area contributed by atoms with Crippen LogP contribution in [0, 0.1) is 12.7 Å². The molecule has 6 nitrogen and oxygen atoms in total. The lowest BCUT2D eigenvalue weighted by Crippen LogP contribution is -2.42. The number of nitrogens with zero attached hydrogens (tertiary/aromatic N) is 1. The van der Waals surface area contributed by atoms with Crippen molar-refractivity contribution in [3.8, 4) is 11.5 Å². The van der Waals surface area contributed by atoms with Crippen LogP contribution in [0.25, 0.3) is 11.5 Å². The maximum atomic E-state index is 13.5. The molecule has 2 amide bonds. The number of hydrazine groups is 1. The van der Waals surface area contributed by atoms with Crippen LogP contribution in [-0.2, 0) is 0 Å². The summed E-state index contributed by atoms with van der Waals surface area (Å²) in [5.74, 6) is -1.51. The van der Waals surface area contributed by atoms with Crippen LogP contribution in [0.5, 0.6) is 0 Å². The molecule has 0 radical (unpaired) electrons. The predicted octanol–water partition coefficient (Wildman–Crippen LogP) is 2.86. The minimum absolute atomic E-state index is 0.0349. The van der Waals surface area contributed by atoms with Crippen LogP contribution in [0.2, 0.25) is 0 Å². The molecule has 25 heavy (non-hydrogen) atoms. The van der Waals surface area contributed by atoms with Gasteiger partial charge in [0.2, 0.25) is 5.89 Å².